The molecular weight excluding hydrogens is 443 g/mol. The molecule has 0 amide bonds. The first kappa shape index (κ1) is 23.4. The molecule has 0 saturated carbocycles. The molecule has 0 bridgehead atoms. The van der Waals surface area contributed by atoms with E-state index in [1.165, 1.54) is 26.4 Å². The van der Waals surface area contributed by atoms with Crippen molar-refractivity contribution in [3.8, 4) is 17.2 Å². The van der Waals surface area contributed by atoms with Crippen LogP contribution in [0, 0.1) is 0 Å². The predicted molar refractivity (Wildman–Crippen MR) is 113 cm³/mol. The highest BCUT2D eigenvalue weighted by Gasteiger charge is 2.67. The minimum absolute atomic E-state index is 0.137. The normalized spacial score (nSPS) is 23.3. The van der Waals surface area contributed by atoms with Gasteiger partial charge < -0.3 is 14.2 Å². The van der Waals surface area contributed by atoms with E-state index in [0.29, 0.717) is 11.3 Å². The Kier molecular flexibility index (Phi) is 5.41. The van der Waals surface area contributed by atoms with Crippen LogP contribution < -0.4 is 14.2 Å². The minimum atomic E-state index is -4.87. The van der Waals surface area contributed by atoms with Gasteiger partial charge >= 0.3 is 11.8 Å². The summed E-state index contributed by atoms with van der Waals surface area (Å²) in [5, 5.41) is 0. The van der Waals surface area contributed by atoms with Crippen molar-refractivity contribution >= 4 is 0 Å². The van der Waals surface area contributed by atoms with Crippen LogP contribution >= 0.6 is 0 Å². The van der Waals surface area contributed by atoms with Gasteiger partial charge in [-0.2, -0.15) is 17.6 Å². The van der Waals surface area contributed by atoms with E-state index in [2.05, 4.69) is 0 Å². The van der Waals surface area contributed by atoms with Gasteiger partial charge in [0.1, 0.15) is 11.9 Å². The Labute approximate surface area is 189 Å². The van der Waals surface area contributed by atoms with Gasteiger partial charge in [-0.3, -0.25) is 0 Å². The summed E-state index contributed by atoms with van der Waals surface area (Å²) in [6, 6.07) is 10.2. The molecule has 1 heterocycles. The molecule has 2 aliphatic rings. The van der Waals surface area contributed by atoms with Crippen molar-refractivity contribution in [2.45, 2.75) is 56.5 Å². The summed E-state index contributed by atoms with van der Waals surface area (Å²) >= 11 is 0. The van der Waals surface area contributed by atoms with E-state index < -0.39 is 41.7 Å². The van der Waals surface area contributed by atoms with Crippen LogP contribution in [-0.4, -0.2) is 26.1 Å². The van der Waals surface area contributed by atoms with Crippen LogP contribution in [0.3, 0.4) is 0 Å². The summed E-state index contributed by atoms with van der Waals surface area (Å²) in [5.41, 5.74) is 1.06. The highest BCUT2D eigenvalue weighted by molar-refractivity contribution is 5.58. The average molecular weight is 468 g/mol. The average Bonchev–Trinajstić information content (AvgIpc) is 3.19. The Morgan fingerprint density at radius 3 is 2.00 bits per heavy atom. The number of hydrogen-bond donors (Lipinski definition) is 0. The molecule has 2 atom stereocenters. The first-order valence-corrected chi connectivity index (χ1v) is 10.5. The highest BCUT2D eigenvalue weighted by atomic mass is 19.3. The maximum Gasteiger partial charge on any atom is 0.361 e. The second kappa shape index (κ2) is 7.64. The predicted octanol–water partition coefficient (Wildman–Crippen LogP) is 7.12. The monoisotopic (exact) mass is 468 g/mol. The number of alkyl halides is 4. The number of rotatable bonds is 4. The highest BCUT2D eigenvalue weighted by Crippen LogP contribution is 2.61. The first-order valence-electron chi connectivity index (χ1n) is 10.5. The van der Waals surface area contributed by atoms with E-state index in [9.17, 15) is 22.0 Å². The van der Waals surface area contributed by atoms with Crippen LogP contribution in [0.4, 0.5) is 22.0 Å². The smallest absolute Gasteiger partial charge is 0.361 e. The van der Waals surface area contributed by atoms with Crippen LogP contribution in [0.2, 0.25) is 0 Å². The van der Waals surface area contributed by atoms with E-state index in [0.717, 1.165) is 5.56 Å². The number of fused-ring (bicyclic) bond motifs is 1. The van der Waals surface area contributed by atoms with Crippen LogP contribution in [0.15, 0.2) is 47.8 Å². The molecular formula is C25H25F5O3. The molecule has 0 saturated heterocycles. The van der Waals surface area contributed by atoms with Gasteiger partial charge in [0, 0.05) is 18.1 Å². The lowest BCUT2D eigenvalue weighted by Crippen LogP contribution is -2.36. The van der Waals surface area contributed by atoms with E-state index in [1.807, 2.05) is 32.9 Å². The lowest BCUT2D eigenvalue weighted by atomic mass is 9.82. The summed E-state index contributed by atoms with van der Waals surface area (Å²) in [6.07, 6.45) is -2.37. The van der Waals surface area contributed by atoms with Crippen molar-refractivity contribution in [2.75, 3.05) is 14.2 Å². The molecule has 1 aliphatic heterocycles. The van der Waals surface area contributed by atoms with E-state index >= 15 is 0 Å². The van der Waals surface area contributed by atoms with Gasteiger partial charge in [0.15, 0.2) is 17.3 Å². The molecule has 0 aromatic heterocycles. The summed E-state index contributed by atoms with van der Waals surface area (Å²) in [6.45, 7) is 6.11. The third-order valence-corrected chi connectivity index (χ3v) is 6.32. The molecule has 8 heteroatoms. The zero-order chi connectivity index (χ0) is 24.3. The quantitative estimate of drug-likeness (QED) is 0.448. The topological polar surface area (TPSA) is 27.7 Å². The second-order valence-electron chi connectivity index (χ2n) is 9.43. The number of ether oxygens (including phenoxy) is 3. The summed E-state index contributed by atoms with van der Waals surface area (Å²) in [7, 11) is 2.80. The maximum atomic E-state index is 14.8. The molecule has 2 unspecified atom stereocenters. The lowest BCUT2D eigenvalue weighted by molar-refractivity contribution is -0.180. The number of allylic oxidation sites excluding steroid dienone is 1. The van der Waals surface area contributed by atoms with E-state index in [4.69, 9.17) is 14.2 Å². The molecule has 0 spiro atoms. The van der Waals surface area contributed by atoms with Gasteiger partial charge in [-0.15, -0.1) is 0 Å². The molecule has 2 aromatic carbocycles. The van der Waals surface area contributed by atoms with Crippen LogP contribution in [0.1, 0.15) is 55.9 Å². The Bertz CT molecular complexity index is 1100. The molecule has 2 aromatic rings. The van der Waals surface area contributed by atoms with Crippen molar-refractivity contribution in [3.63, 3.8) is 0 Å². The SMILES string of the molecule is COc1cc2c(cc1OC)C(C1=C(F)C(F)(F)C(F)(F)C1)C(c1ccc(C(C)(C)C)cc1)O2. The van der Waals surface area contributed by atoms with Gasteiger partial charge in [-0.1, -0.05) is 45.0 Å². The molecule has 1 aliphatic carbocycles. The Balaban J connectivity index is 1.87. The van der Waals surface area contributed by atoms with Crippen molar-refractivity contribution in [1.82, 2.24) is 0 Å². The number of methoxy groups -OCH3 is 2. The number of hydrogen-bond acceptors (Lipinski definition) is 3. The molecule has 0 radical (unpaired) electrons. The van der Waals surface area contributed by atoms with E-state index in [1.54, 1.807) is 12.1 Å². The van der Waals surface area contributed by atoms with E-state index in [-0.39, 0.29) is 22.5 Å². The zero-order valence-corrected chi connectivity index (χ0v) is 18.9. The third kappa shape index (κ3) is 3.63. The largest absolute Gasteiger partial charge is 0.493 e. The van der Waals surface area contributed by atoms with Crippen molar-refractivity contribution in [3.05, 3.63) is 64.5 Å². The van der Waals surface area contributed by atoms with Crippen LogP contribution in [0.25, 0.3) is 0 Å². The fourth-order valence-electron chi connectivity index (χ4n) is 4.43. The zero-order valence-electron chi connectivity index (χ0n) is 18.9. The van der Waals surface area contributed by atoms with Gasteiger partial charge in [0.2, 0.25) is 0 Å². The number of halogens is 5. The van der Waals surface area contributed by atoms with Crippen molar-refractivity contribution in [1.29, 1.82) is 0 Å². The van der Waals surface area contributed by atoms with Gasteiger partial charge in [-0.05, 0) is 28.2 Å². The molecule has 0 fully saturated rings. The second-order valence-corrected chi connectivity index (χ2v) is 9.43. The third-order valence-electron chi connectivity index (χ3n) is 6.32. The van der Waals surface area contributed by atoms with Crippen LogP contribution in [-0.2, 0) is 5.41 Å². The fraction of sp³-hybridized carbons (Fsp3) is 0.440. The Morgan fingerprint density at radius 2 is 1.52 bits per heavy atom. The summed E-state index contributed by atoms with van der Waals surface area (Å²) in [5.74, 6) is -11.9. The molecule has 33 heavy (non-hydrogen) atoms. The maximum absolute atomic E-state index is 14.8. The fourth-order valence-corrected chi connectivity index (χ4v) is 4.43. The van der Waals surface area contributed by atoms with Gasteiger partial charge in [0.05, 0.1) is 20.1 Å². The molecule has 178 valence electrons. The van der Waals surface area contributed by atoms with Gasteiger partial charge in [-0.25, -0.2) is 4.39 Å². The summed E-state index contributed by atoms with van der Waals surface area (Å²) < 4.78 is 87.8. The standard InChI is InChI=1S/C25H25F5O3/c1-23(2,3)14-8-6-13(7-9-14)21-20(16-12-24(27,28)25(29,30)22(16)26)15-10-18(31-4)19(32-5)11-17(15)33-21/h6-11,20-21H,12H2,1-5H3. The molecule has 3 nitrogen and oxygen atoms in total. The van der Waals surface area contributed by atoms with Gasteiger partial charge in [0.25, 0.3) is 0 Å². The number of benzene rings is 2. The Morgan fingerprint density at radius 1 is 0.939 bits per heavy atom. The molecule has 4 rings (SSSR count). The van der Waals surface area contributed by atoms with Crippen molar-refractivity contribution in [2.24, 2.45) is 0 Å². The molecule has 0 N–H and O–H groups in total. The minimum Gasteiger partial charge on any atom is -0.493 e. The van der Waals surface area contributed by atoms with Crippen LogP contribution in [0.5, 0.6) is 17.2 Å². The van der Waals surface area contributed by atoms with Crippen molar-refractivity contribution < 1.29 is 36.2 Å². The lowest BCUT2D eigenvalue weighted by Gasteiger charge is -2.23. The first-order chi connectivity index (χ1) is 15.3. The summed E-state index contributed by atoms with van der Waals surface area (Å²) in [4.78, 5) is 0. The Hall–Kier alpha value is -2.77.